The molecule has 1 saturated heterocycles. The van der Waals surface area contributed by atoms with Crippen molar-refractivity contribution in [2.24, 2.45) is 5.92 Å². The number of benzene rings is 2. The summed E-state index contributed by atoms with van der Waals surface area (Å²) in [6, 6.07) is 18.2. The molecular formula is C27H28N2O3. The van der Waals surface area contributed by atoms with Gasteiger partial charge >= 0.3 is 5.97 Å². The summed E-state index contributed by atoms with van der Waals surface area (Å²) < 4.78 is 5.54. The van der Waals surface area contributed by atoms with Gasteiger partial charge in [-0.2, -0.15) is 0 Å². The first-order valence-corrected chi connectivity index (χ1v) is 11.6. The Balaban J connectivity index is 1.20. The van der Waals surface area contributed by atoms with E-state index in [9.17, 15) is 9.59 Å². The van der Waals surface area contributed by atoms with Crippen LogP contribution in [0.1, 0.15) is 46.4 Å². The molecule has 0 N–H and O–H groups in total. The summed E-state index contributed by atoms with van der Waals surface area (Å²) in [6.45, 7) is 1.25. The fourth-order valence-electron chi connectivity index (χ4n) is 5.07. The first kappa shape index (κ1) is 20.7. The Morgan fingerprint density at radius 2 is 1.72 bits per heavy atom. The minimum atomic E-state index is -0.408. The molecule has 0 saturated carbocycles. The number of aromatic nitrogens is 1. The molecule has 2 heterocycles. The van der Waals surface area contributed by atoms with Crippen LogP contribution >= 0.6 is 0 Å². The molecule has 5 rings (SSSR count). The van der Waals surface area contributed by atoms with Crippen LogP contribution in [-0.4, -0.2) is 41.5 Å². The molecule has 2 aromatic carbocycles. The molecule has 0 atom stereocenters. The summed E-state index contributed by atoms with van der Waals surface area (Å²) in [7, 11) is 0. The Kier molecular flexibility index (Phi) is 5.89. The van der Waals surface area contributed by atoms with Crippen molar-refractivity contribution in [1.29, 1.82) is 0 Å². The second-order valence-electron chi connectivity index (χ2n) is 8.87. The largest absolute Gasteiger partial charge is 0.452 e. The number of likely N-dealkylation sites (tertiary alicyclic amines) is 1. The van der Waals surface area contributed by atoms with E-state index in [4.69, 9.17) is 9.72 Å². The first-order chi connectivity index (χ1) is 15.7. The topological polar surface area (TPSA) is 59.5 Å². The highest BCUT2D eigenvalue weighted by Gasteiger charge is 2.27. The highest BCUT2D eigenvalue weighted by molar-refractivity contribution is 6.05. The van der Waals surface area contributed by atoms with Gasteiger partial charge in [-0.1, -0.05) is 48.5 Å². The number of ether oxygens (including phenoxy) is 1. The van der Waals surface area contributed by atoms with E-state index < -0.39 is 5.97 Å². The van der Waals surface area contributed by atoms with Crippen molar-refractivity contribution in [3.05, 3.63) is 77.0 Å². The molecule has 1 aliphatic carbocycles. The predicted molar refractivity (Wildman–Crippen MR) is 124 cm³/mol. The fraction of sp³-hybridized carbons (Fsp3) is 0.370. The minimum absolute atomic E-state index is 0.105. The highest BCUT2D eigenvalue weighted by atomic mass is 16.5. The van der Waals surface area contributed by atoms with Gasteiger partial charge in [-0.3, -0.25) is 9.78 Å². The standard InChI is InChI=1S/C27H28N2O3/c30-25(29-15-13-20(14-16-29)17-19-7-2-1-3-8-19)18-32-27(31)26-21-9-4-5-11-23(21)28-24-12-6-10-22(24)26/h1-5,7-9,11,20H,6,10,12-18H2. The number of esters is 1. The third-order valence-corrected chi connectivity index (χ3v) is 6.78. The van der Waals surface area contributed by atoms with E-state index >= 15 is 0 Å². The Bertz CT molecular complexity index is 1130. The van der Waals surface area contributed by atoms with Gasteiger partial charge in [0.1, 0.15) is 0 Å². The van der Waals surface area contributed by atoms with Crippen molar-refractivity contribution in [2.45, 2.75) is 38.5 Å². The van der Waals surface area contributed by atoms with Gasteiger partial charge in [0, 0.05) is 24.2 Å². The first-order valence-electron chi connectivity index (χ1n) is 11.6. The van der Waals surface area contributed by atoms with Crippen molar-refractivity contribution in [3.8, 4) is 0 Å². The lowest BCUT2D eigenvalue weighted by molar-refractivity contribution is -0.135. The maximum Gasteiger partial charge on any atom is 0.339 e. The summed E-state index contributed by atoms with van der Waals surface area (Å²) >= 11 is 0. The molecule has 0 radical (unpaired) electrons. The number of hydrogen-bond acceptors (Lipinski definition) is 4. The van der Waals surface area contributed by atoms with E-state index in [1.807, 2.05) is 35.2 Å². The summed E-state index contributed by atoms with van der Waals surface area (Å²) in [5.74, 6) is 0.0790. The van der Waals surface area contributed by atoms with Gasteiger partial charge in [-0.05, 0) is 61.6 Å². The van der Waals surface area contributed by atoms with Gasteiger partial charge in [-0.25, -0.2) is 4.79 Å². The van der Waals surface area contributed by atoms with Crippen LogP contribution in [0.2, 0.25) is 0 Å². The molecule has 3 aromatic rings. The van der Waals surface area contributed by atoms with Gasteiger partial charge in [0.05, 0.1) is 11.1 Å². The number of fused-ring (bicyclic) bond motifs is 2. The number of carbonyl (C=O) groups is 2. The van der Waals surface area contributed by atoms with Crippen molar-refractivity contribution in [2.75, 3.05) is 19.7 Å². The second kappa shape index (κ2) is 9.11. The smallest absolute Gasteiger partial charge is 0.339 e. The predicted octanol–water partition coefficient (Wildman–Crippen LogP) is 4.36. The minimum Gasteiger partial charge on any atom is -0.452 e. The maximum atomic E-state index is 13.0. The number of pyridine rings is 1. The van der Waals surface area contributed by atoms with Crippen molar-refractivity contribution < 1.29 is 14.3 Å². The summed E-state index contributed by atoms with van der Waals surface area (Å²) in [4.78, 5) is 32.3. The van der Waals surface area contributed by atoms with Crippen LogP contribution in [0.4, 0.5) is 0 Å². The van der Waals surface area contributed by atoms with E-state index in [0.29, 0.717) is 11.5 Å². The molecule has 5 nitrogen and oxygen atoms in total. The van der Waals surface area contributed by atoms with Crippen LogP contribution in [0, 0.1) is 5.92 Å². The molecule has 0 spiro atoms. The van der Waals surface area contributed by atoms with Gasteiger partial charge in [0.25, 0.3) is 5.91 Å². The highest BCUT2D eigenvalue weighted by Crippen LogP contribution is 2.30. The van der Waals surface area contributed by atoms with Crippen LogP contribution in [0.3, 0.4) is 0 Å². The van der Waals surface area contributed by atoms with Gasteiger partial charge in [-0.15, -0.1) is 0 Å². The summed E-state index contributed by atoms with van der Waals surface area (Å²) in [6.07, 6.45) is 5.74. The average molecular weight is 429 g/mol. The third-order valence-electron chi connectivity index (χ3n) is 6.78. The Morgan fingerprint density at radius 1 is 0.969 bits per heavy atom. The van der Waals surface area contributed by atoms with E-state index in [0.717, 1.165) is 73.8 Å². The zero-order valence-corrected chi connectivity index (χ0v) is 18.3. The molecule has 1 aliphatic heterocycles. The van der Waals surface area contributed by atoms with Crippen LogP contribution in [0.15, 0.2) is 54.6 Å². The van der Waals surface area contributed by atoms with Crippen LogP contribution < -0.4 is 0 Å². The van der Waals surface area contributed by atoms with E-state index in [-0.39, 0.29) is 12.5 Å². The number of piperidine rings is 1. The molecule has 0 unspecified atom stereocenters. The number of nitrogens with zero attached hydrogens (tertiary/aromatic N) is 2. The molecule has 1 fully saturated rings. The SMILES string of the molecule is O=C(OCC(=O)N1CCC(Cc2ccccc2)CC1)c1c2c(nc3ccccc13)CCC2. The lowest BCUT2D eigenvalue weighted by Gasteiger charge is -2.32. The maximum absolute atomic E-state index is 13.0. The Labute approximate surface area is 188 Å². The van der Waals surface area contributed by atoms with E-state index in [1.165, 1.54) is 5.56 Å². The number of rotatable bonds is 5. The molecule has 164 valence electrons. The zero-order valence-electron chi connectivity index (χ0n) is 18.3. The lowest BCUT2D eigenvalue weighted by atomic mass is 9.90. The molecule has 1 aromatic heterocycles. The van der Waals surface area contributed by atoms with Crippen molar-refractivity contribution in [1.82, 2.24) is 9.88 Å². The Hall–Kier alpha value is -3.21. The van der Waals surface area contributed by atoms with Gasteiger partial charge in [0.2, 0.25) is 0 Å². The molecule has 5 heteroatoms. The summed E-state index contributed by atoms with van der Waals surface area (Å²) in [5.41, 5.74) is 4.73. The molecule has 2 aliphatic rings. The number of hydrogen-bond donors (Lipinski definition) is 0. The lowest BCUT2D eigenvalue weighted by Crippen LogP contribution is -2.41. The number of amides is 1. The molecule has 32 heavy (non-hydrogen) atoms. The zero-order chi connectivity index (χ0) is 21.9. The monoisotopic (exact) mass is 428 g/mol. The molecule has 1 amide bonds. The van der Waals surface area contributed by atoms with Crippen LogP contribution in [0.5, 0.6) is 0 Å². The fourth-order valence-corrected chi connectivity index (χ4v) is 5.07. The Morgan fingerprint density at radius 3 is 2.53 bits per heavy atom. The van der Waals surface area contributed by atoms with Gasteiger partial charge in [0.15, 0.2) is 6.61 Å². The number of aryl methyl sites for hydroxylation is 1. The van der Waals surface area contributed by atoms with Crippen LogP contribution in [-0.2, 0) is 28.8 Å². The quantitative estimate of drug-likeness (QED) is 0.567. The van der Waals surface area contributed by atoms with E-state index in [1.54, 1.807) is 0 Å². The van der Waals surface area contributed by atoms with Crippen molar-refractivity contribution in [3.63, 3.8) is 0 Å². The molecule has 0 bridgehead atoms. The van der Waals surface area contributed by atoms with Crippen molar-refractivity contribution >= 4 is 22.8 Å². The number of para-hydroxylation sites is 1. The van der Waals surface area contributed by atoms with Gasteiger partial charge < -0.3 is 9.64 Å². The average Bonchev–Trinajstić information content (AvgIpc) is 3.30. The number of carbonyl (C=O) groups excluding carboxylic acids is 2. The normalized spacial score (nSPS) is 16.2. The van der Waals surface area contributed by atoms with Crippen LogP contribution in [0.25, 0.3) is 10.9 Å². The second-order valence-corrected chi connectivity index (χ2v) is 8.87. The summed E-state index contributed by atoms with van der Waals surface area (Å²) in [5, 5.41) is 0.812. The third kappa shape index (κ3) is 4.24. The van der Waals surface area contributed by atoms with E-state index in [2.05, 4.69) is 24.3 Å². The molecular weight excluding hydrogens is 400 g/mol.